The zero-order valence-corrected chi connectivity index (χ0v) is 17.7. The van der Waals surface area contributed by atoms with Crippen LogP contribution in [0.5, 0.6) is 0 Å². The molecule has 2 aliphatic heterocycles. The van der Waals surface area contributed by atoms with Gasteiger partial charge in [0.1, 0.15) is 0 Å². The molecule has 5 rings (SSSR count). The highest BCUT2D eigenvalue weighted by Gasteiger charge is 2.31. The fourth-order valence-electron chi connectivity index (χ4n) is 5.60. The van der Waals surface area contributed by atoms with Crippen LogP contribution >= 0.6 is 0 Å². The normalized spacial score (nSPS) is 24.7. The molecule has 3 heterocycles. The summed E-state index contributed by atoms with van der Waals surface area (Å²) in [6.07, 6.45) is 6.49. The van der Waals surface area contributed by atoms with Crippen LogP contribution < -0.4 is 5.32 Å². The van der Waals surface area contributed by atoms with E-state index in [4.69, 9.17) is 4.74 Å². The lowest BCUT2D eigenvalue weighted by Gasteiger charge is -2.33. The maximum Gasteiger partial charge on any atom is 0.260 e. The Balaban J connectivity index is 1.39. The first-order valence-electron chi connectivity index (χ1n) is 11.4. The molecule has 0 saturated carbocycles. The summed E-state index contributed by atoms with van der Waals surface area (Å²) in [6.45, 7) is 3.28. The first-order chi connectivity index (χ1) is 14.6. The minimum Gasteiger partial charge on any atom is -0.381 e. The highest BCUT2D eigenvalue weighted by Crippen LogP contribution is 2.38. The van der Waals surface area contributed by atoms with Crippen molar-refractivity contribution in [2.75, 3.05) is 33.4 Å². The van der Waals surface area contributed by atoms with Crippen LogP contribution in [0.4, 0.5) is 0 Å². The van der Waals surface area contributed by atoms with Crippen LogP contribution in [0.15, 0.2) is 18.2 Å². The van der Waals surface area contributed by atoms with Gasteiger partial charge in [-0.3, -0.25) is 14.5 Å². The number of aromatic nitrogens is 1. The van der Waals surface area contributed by atoms with Gasteiger partial charge in [-0.1, -0.05) is 0 Å². The summed E-state index contributed by atoms with van der Waals surface area (Å²) in [6, 6.07) is 5.84. The summed E-state index contributed by atoms with van der Waals surface area (Å²) >= 11 is 0. The van der Waals surface area contributed by atoms with Gasteiger partial charge in [0.15, 0.2) is 0 Å². The topological polar surface area (TPSA) is 74.4 Å². The van der Waals surface area contributed by atoms with E-state index in [2.05, 4.69) is 10.3 Å². The summed E-state index contributed by atoms with van der Waals surface area (Å²) in [5, 5.41) is 4.35. The van der Waals surface area contributed by atoms with Gasteiger partial charge in [-0.05, 0) is 80.7 Å². The molecule has 2 saturated heterocycles. The maximum atomic E-state index is 13.0. The average molecular weight is 410 g/mol. The predicted octanol–water partition coefficient (Wildman–Crippen LogP) is 2.91. The van der Waals surface area contributed by atoms with Crippen molar-refractivity contribution >= 4 is 22.7 Å². The lowest BCUT2D eigenvalue weighted by Crippen LogP contribution is -2.38. The smallest absolute Gasteiger partial charge is 0.260 e. The van der Waals surface area contributed by atoms with E-state index in [1.807, 2.05) is 18.2 Å². The number of rotatable bonds is 3. The van der Waals surface area contributed by atoms with Crippen LogP contribution in [0.3, 0.4) is 0 Å². The number of aryl methyl sites for hydroxylation is 1. The van der Waals surface area contributed by atoms with Gasteiger partial charge in [0.2, 0.25) is 5.91 Å². The Bertz CT molecular complexity index is 954. The maximum absolute atomic E-state index is 13.0. The van der Waals surface area contributed by atoms with Gasteiger partial charge < -0.3 is 15.0 Å². The Morgan fingerprint density at radius 1 is 1.10 bits per heavy atom. The summed E-state index contributed by atoms with van der Waals surface area (Å²) in [4.78, 5) is 30.6. The van der Waals surface area contributed by atoms with Crippen LogP contribution in [0, 0.1) is 17.8 Å². The van der Waals surface area contributed by atoms with Crippen molar-refractivity contribution in [1.29, 1.82) is 0 Å². The third-order valence-corrected chi connectivity index (χ3v) is 7.45. The van der Waals surface area contributed by atoms with Crippen LogP contribution in [0.2, 0.25) is 0 Å². The second kappa shape index (κ2) is 8.16. The standard InChI is InChI=1S/C24H31N3O3/c1-27(24(29)18-6-9-25-14-18)23(28)17-3-5-22-20(13-17)19-12-16(2-4-21(19)26-22)15-7-10-30-11-8-15/h3,5,13,15-16,18,25-26H,2,4,6-12,14H2,1H3. The van der Waals surface area contributed by atoms with Crippen molar-refractivity contribution < 1.29 is 14.3 Å². The lowest BCUT2D eigenvalue weighted by atomic mass is 9.75. The first-order valence-corrected chi connectivity index (χ1v) is 11.4. The van der Waals surface area contributed by atoms with Gasteiger partial charge in [-0.2, -0.15) is 0 Å². The molecule has 3 aliphatic rings. The largest absolute Gasteiger partial charge is 0.381 e. The van der Waals surface area contributed by atoms with E-state index in [1.54, 1.807) is 7.05 Å². The van der Waals surface area contributed by atoms with E-state index in [1.165, 1.54) is 22.6 Å². The second-order valence-electron chi connectivity index (χ2n) is 9.19. The molecule has 30 heavy (non-hydrogen) atoms. The molecule has 160 valence electrons. The van der Waals surface area contributed by atoms with E-state index in [0.717, 1.165) is 68.7 Å². The number of carbonyl (C=O) groups excluding carboxylic acids is 2. The predicted molar refractivity (Wildman–Crippen MR) is 115 cm³/mol. The third kappa shape index (κ3) is 3.56. The van der Waals surface area contributed by atoms with E-state index in [0.29, 0.717) is 18.0 Å². The number of amides is 2. The van der Waals surface area contributed by atoms with E-state index in [9.17, 15) is 9.59 Å². The van der Waals surface area contributed by atoms with E-state index in [-0.39, 0.29) is 17.7 Å². The number of carbonyl (C=O) groups is 2. The molecule has 6 heteroatoms. The molecule has 2 N–H and O–H groups in total. The zero-order chi connectivity index (χ0) is 20.7. The van der Waals surface area contributed by atoms with Crippen molar-refractivity contribution in [1.82, 2.24) is 15.2 Å². The molecule has 2 atom stereocenters. The van der Waals surface area contributed by atoms with E-state index >= 15 is 0 Å². The Kier molecular flexibility index (Phi) is 5.37. The molecule has 1 aromatic carbocycles. The number of nitrogens with one attached hydrogen (secondary N) is 2. The summed E-state index contributed by atoms with van der Waals surface area (Å²) in [5.74, 6) is 1.05. The van der Waals surface area contributed by atoms with Gasteiger partial charge in [0.25, 0.3) is 5.91 Å². The summed E-state index contributed by atoms with van der Waals surface area (Å²) < 4.78 is 5.56. The fraction of sp³-hybridized carbons (Fsp3) is 0.583. The van der Waals surface area contributed by atoms with Gasteiger partial charge in [0.05, 0.1) is 5.92 Å². The Labute approximate surface area is 177 Å². The molecule has 2 aromatic rings. The highest BCUT2D eigenvalue weighted by atomic mass is 16.5. The Morgan fingerprint density at radius 3 is 2.70 bits per heavy atom. The molecular weight excluding hydrogens is 378 g/mol. The fourth-order valence-corrected chi connectivity index (χ4v) is 5.60. The molecular formula is C24H31N3O3. The second-order valence-corrected chi connectivity index (χ2v) is 9.19. The van der Waals surface area contributed by atoms with Crippen LogP contribution in [0.25, 0.3) is 10.9 Å². The monoisotopic (exact) mass is 409 g/mol. The van der Waals surface area contributed by atoms with Crippen LogP contribution in [0.1, 0.15) is 47.3 Å². The molecule has 6 nitrogen and oxygen atoms in total. The minimum absolute atomic E-state index is 0.0826. The van der Waals surface area contributed by atoms with Crippen LogP contribution in [-0.4, -0.2) is 55.0 Å². The van der Waals surface area contributed by atoms with Crippen molar-refractivity contribution in [2.24, 2.45) is 17.8 Å². The molecule has 1 aromatic heterocycles. The van der Waals surface area contributed by atoms with Gasteiger partial charge in [-0.25, -0.2) is 0 Å². The van der Waals surface area contributed by atoms with Crippen molar-refractivity contribution in [3.63, 3.8) is 0 Å². The molecule has 2 amide bonds. The van der Waals surface area contributed by atoms with Gasteiger partial charge in [-0.15, -0.1) is 0 Å². The number of benzene rings is 1. The van der Waals surface area contributed by atoms with Crippen LogP contribution in [-0.2, 0) is 22.4 Å². The lowest BCUT2D eigenvalue weighted by molar-refractivity contribution is -0.131. The number of ether oxygens (including phenoxy) is 1. The minimum atomic E-state index is -0.208. The number of nitrogens with zero attached hydrogens (tertiary/aromatic N) is 1. The molecule has 0 radical (unpaired) electrons. The average Bonchev–Trinajstić information content (AvgIpc) is 3.45. The SMILES string of the molecule is CN(C(=O)c1ccc2[nH]c3c(c2c1)CC(C1CCOCC1)CC3)C(=O)C1CCNC1. The number of hydrogen-bond acceptors (Lipinski definition) is 4. The number of H-pyrrole nitrogens is 1. The first kappa shape index (κ1) is 19.8. The zero-order valence-electron chi connectivity index (χ0n) is 17.7. The van der Waals surface area contributed by atoms with E-state index < -0.39 is 0 Å². The Hall–Kier alpha value is -2.18. The van der Waals surface area contributed by atoms with Gasteiger partial charge in [0, 0.05) is 49.0 Å². The molecule has 1 aliphatic carbocycles. The van der Waals surface area contributed by atoms with Gasteiger partial charge >= 0.3 is 0 Å². The molecule has 2 fully saturated rings. The Morgan fingerprint density at radius 2 is 1.93 bits per heavy atom. The number of aromatic amines is 1. The number of fused-ring (bicyclic) bond motifs is 3. The molecule has 0 bridgehead atoms. The van der Waals surface area contributed by atoms with Crippen molar-refractivity contribution in [3.05, 3.63) is 35.0 Å². The highest BCUT2D eigenvalue weighted by molar-refractivity contribution is 6.07. The summed E-state index contributed by atoms with van der Waals surface area (Å²) in [5.41, 5.74) is 4.38. The molecule has 2 unspecified atom stereocenters. The quantitative estimate of drug-likeness (QED) is 0.765. The van der Waals surface area contributed by atoms with Crippen molar-refractivity contribution in [3.8, 4) is 0 Å². The molecule has 0 spiro atoms. The number of hydrogen-bond donors (Lipinski definition) is 2. The third-order valence-electron chi connectivity index (χ3n) is 7.45. The summed E-state index contributed by atoms with van der Waals surface area (Å²) in [7, 11) is 1.61. The number of imide groups is 1. The van der Waals surface area contributed by atoms with Crippen molar-refractivity contribution in [2.45, 2.75) is 38.5 Å².